The Morgan fingerprint density at radius 2 is 2.06 bits per heavy atom. The minimum Gasteiger partial charge on any atom is -0.480 e. The van der Waals surface area contributed by atoms with E-state index in [9.17, 15) is 20.3 Å². The van der Waals surface area contributed by atoms with Crippen molar-refractivity contribution < 1.29 is 29.3 Å². The van der Waals surface area contributed by atoms with Crippen LogP contribution < -0.4 is 10.5 Å². The molecule has 194 valence electrons. The number of nitrogens with zero attached hydrogens (tertiary/aromatic N) is 4. The molecule has 1 aliphatic rings. The minimum atomic E-state index is -0.845. The molecule has 0 spiro atoms. The van der Waals surface area contributed by atoms with Gasteiger partial charge in [-0.25, -0.2) is 0 Å². The molecule has 36 heavy (non-hydrogen) atoms. The van der Waals surface area contributed by atoms with Gasteiger partial charge in [-0.15, -0.1) is 0 Å². The first-order chi connectivity index (χ1) is 17.0. The molecule has 0 aliphatic carbocycles. The Morgan fingerprint density at radius 3 is 2.67 bits per heavy atom. The number of anilines is 1. The Labute approximate surface area is 207 Å². The monoisotopic (exact) mass is 501 g/mol. The number of methoxy groups -OCH3 is 1. The number of rotatable bonds is 8. The van der Waals surface area contributed by atoms with Crippen LogP contribution >= 0.6 is 0 Å². The molecular formula is C24H31N5O7. The molecule has 4 N–H and O–H groups in total. The van der Waals surface area contributed by atoms with E-state index in [4.69, 9.17) is 19.9 Å². The summed E-state index contributed by atoms with van der Waals surface area (Å²) in [4.78, 5) is 19.9. The minimum absolute atomic E-state index is 0.00380. The largest absolute Gasteiger partial charge is 0.480 e. The Hall–Kier alpha value is -3.32. The fourth-order valence-electron chi connectivity index (χ4n) is 4.59. The molecule has 3 heterocycles. The molecule has 1 fully saturated rings. The quantitative estimate of drug-likeness (QED) is 0.308. The smallest absolute Gasteiger partial charge is 0.275 e. The number of aromatic nitrogens is 3. The second kappa shape index (κ2) is 9.97. The average molecular weight is 502 g/mol. The molecule has 12 nitrogen and oxygen atoms in total. The van der Waals surface area contributed by atoms with Gasteiger partial charge in [0.05, 0.1) is 48.4 Å². The molecule has 0 saturated carbocycles. The second-order valence-corrected chi connectivity index (χ2v) is 9.84. The van der Waals surface area contributed by atoms with Gasteiger partial charge in [-0.2, -0.15) is 9.97 Å². The van der Waals surface area contributed by atoms with E-state index in [1.165, 1.54) is 13.2 Å². The third kappa shape index (κ3) is 4.85. The van der Waals surface area contributed by atoms with Crippen LogP contribution in [0.25, 0.3) is 11.0 Å². The molecule has 0 amide bonds. The van der Waals surface area contributed by atoms with Crippen LogP contribution in [-0.4, -0.2) is 55.6 Å². The maximum Gasteiger partial charge on any atom is 0.275 e. The lowest BCUT2D eigenvalue weighted by Gasteiger charge is -2.30. The summed E-state index contributed by atoms with van der Waals surface area (Å²) in [5, 5.41) is 32.0. The van der Waals surface area contributed by atoms with Crippen LogP contribution in [0.2, 0.25) is 0 Å². The maximum atomic E-state index is 11.7. The van der Waals surface area contributed by atoms with Crippen molar-refractivity contribution in [3.05, 3.63) is 51.7 Å². The number of nitrogens with two attached hydrogens (primary N) is 1. The maximum absolute atomic E-state index is 11.7. The van der Waals surface area contributed by atoms with Crippen molar-refractivity contribution in [2.75, 3.05) is 19.5 Å². The molecule has 0 unspecified atom stereocenters. The highest BCUT2D eigenvalue weighted by molar-refractivity contribution is 5.86. The fraction of sp³-hybridized carbons (Fsp3) is 0.500. The predicted octanol–water partition coefficient (Wildman–Crippen LogP) is 2.88. The summed E-state index contributed by atoms with van der Waals surface area (Å²) in [5.74, 6) is 0.237. The highest BCUT2D eigenvalue weighted by Crippen LogP contribution is 2.42. The molecule has 1 aliphatic heterocycles. The van der Waals surface area contributed by atoms with Gasteiger partial charge in [0.25, 0.3) is 5.69 Å². The van der Waals surface area contributed by atoms with Crippen LogP contribution in [0.1, 0.15) is 50.7 Å². The van der Waals surface area contributed by atoms with Crippen molar-refractivity contribution in [1.82, 2.24) is 14.5 Å². The SMILES string of the molecule is COc1nc(N)nc2c1c(CO[C@H](c1ccccc1[N+](=O)[O-])C(C)(C)C)cn2[C@H]1C[C@@H](O)[C@@H](CO)O1. The number of aliphatic hydroxyl groups is 2. The standard InChI is InChI=1S/C24H31N5O7/c1-24(2,3)20(14-7-5-6-8-15(14)29(32)33)35-12-13-10-28(18-9-16(31)17(11-30)36-18)21-19(13)22(34-4)27-23(25)26-21/h5-8,10,16-18,20,30-31H,9,11-12H2,1-4H3,(H2,25,26,27)/t16-,17-,18-,20-/m1/s1. The summed E-state index contributed by atoms with van der Waals surface area (Å²) >= 11 is 0. The zero-order valence-electron chi connectivity index (χ0n) is 20.6. The first kappa shape index (κ1) is 25.8. The van der Waals surface area contributed by atoms with Gasteiger partial charge in [0.15, 0.2) is 5.65 Å². The summed E-state index contributed by atoms with van der Waals surface area (Å²) in [5.41, 5.74) is 6.98. The van der Waals surface area contributed by atoms with E-state index in [0.29, 0.717) is 22.2 Å². The zero-order valence-corrected chi connectivity index (χ0v) is 20.6. The van der Waals surface area contributed by atoms with E-state index in [0.717, 1.165) is 0 Å². The number of hydrogen-bond donors (Lipinski definition) is 3. The van der Waals surface area contributed by atoms with E-state index in [2.05, 4.69) is 9.97 Å². The molecule has 4 rings (SSSR count). The van der Waals surface area contributed by atoms with Gasteiger partial charge >= 0.3 is 0 Å². The number of para-hydroxylation sites is 1. The van der Waals surface area contributed by atoms with E-state index in [1.807, 2.05) is 20.8 Å². The van der Waals surface area contributed by atoms with Crippen LogP contribution in [0.15, 0.2) is 30.5 Å². The number of nitrogen functional groups attached to an aromatic ring is 1. The topological polar surface area (TPSA) is 168 Å². The number of fused-ring (bicyclic) bond motifs is 1. The van der Waals surface area contributed by atoms with Crippen molar-refractivity contribution in [3.63, 3.8) is 0 Å². The van der Waals surface area contributed by atoms with Gasteiger partial charge in [-0.3, -0.25) is 10.1 Å². The van der Waals surface area contributed by atoms with Crippen molar-refractivity contribution in [2.45, 2.75) is 58.3 Å². The number of hydrogen-bond acceptors (Lipinski definition) is 10. The van der Waals surface area contributed by atoms with Crippen molar-refractivity contribution in [3.8, 4) is 5.88 Å². The van der Waals surface area contributed by atoms with E-state index >= 15 is 0 Å². The summed E-state index contributed by atoms with van der Waals surface area (Å²) in [6, 6.07) is 6.53. The van der Waals surface area contributed by atoms with E-state index in [-0.39, 0.29) is 37.2 Å². The molecule has 3 aromatic rings. The van der Waals surface area contributed by atoms with Gasteiger partial charge in [-0.05, 0) is 11.5 Å². The Morgan fingerprint density at radius 1 is 1.33 bits per heavy atom. The lowest BCUT2D eigenvalue weighted by atomic mass is 9.84. The van der Waals surface area contributed by atoms with Crippen molar-refractivity contribution >= 4 is 22.7 Å². The van der Waals surface area contributed by atoms with Gasteiger partial charge in [0.2, 0.25) is 11.8 Å². The predicted molar refractivity (Wildman–Crippen MR) is 130 cm³/mol. The Bertz CT molecular complexity index is 1260. The van der Waals surface area contributed by atoms with Gasteiger partial charge < -0.3 is 34.7 Å². The molecule has 2 aromatic heterocycles. The number of ether oxygens (including phenoxy) is 3. The average Bonchev–Trinajstić information content (AvgIpc) is 3.37. The van der Waals surface area contributed by atoms with Crippen LogP contribution in [0.3, 0.4) is 0 Å². The second-order valence-electron chi connectivity index (χ2n) is 9.84. The first-order valence-corrected chi connectivity index (χ1v) is 11.5. The summed E-state index contributed by atoms with van der Waals surface area (Å²) < 4.78 is 19.4. The van der Waals surface area contributed by atoms with Gasteiger partial charge in [-0.1, -0.05) is 32.9 Å². The van der Waals surface area contributed by atoms with Crippen molar-refractivity contribution in [1.29, 1.82) is 0 Å². The Kier molecular flexibility index (Phi) is 7.14. The number of aliphatic hydroxyl groups excluding tert-OH is 2. The fourth-order valence-corrected chi connectivity index (χ4v) is 4.59. The van der Waals surface area contributed by atoms with Crippen LogP contribution in [0.4, 0.5) is 11.6 Å². The number of nitro benzene ring substituents is 1. The van der Waals surface area contributed by atoms with E-state index in [1.54, 1.807) is 29.0 Å². The number of nitro groups is 1. The van der Waals surface area contributed by atoms with Crippen LogP contribution in [0.5, 0.6) is 5.88 Å². The van der Waals surface area contributed by atoms with Gasteiger partial charge in [0, 0.05) is 24.2 Å². The normalized spacial score (nSPS) is 21.1. The summed E-state index contributed by atoms with van der Waals surface area (Å²) in [7, 11) is 1.46. The molecular weight excluding hydrogens is 470 g/mol. The molecule has 0 radical (unpaired) electrons. The summed E-state index contributed by atoms with van der Waals surface area (Å²) in [6.45, 7) is 5.58. The molecule has 0 bridgehead atoms. The van der Waals surface area contributed by atoms with Crippen molar-refractivity contribution in [2.24, 2.45) is 5.41 Å². The first-order valence-electron chi connectivity index (χ1n) is 11.5. The molecule has 12 heteroatoms. The van der Waals surface area contributed by atoms with Crippen LogP contribution in [0, 0.1) is 15.5 Å². The highest BCUT2D eigenvalue weighted by Gasteiger charge is 2.37. The lowest BCUT2D eigenvalue weighted by molar-refractivity contribution is -0.386. The number of benzene rings is 1. The third-order valence-electron chi connectivity index (χ3n) is 6.23. The molecule has 1 aromatic carbocycles. The Balaban J connectivity index is 1.76. The molecule has 4 atom stereocenters. The zero-order chi connectivity index (χ0) is 26.2. The van der Waals surface area contributed by atoms with Gasteiger partial charge in [0.1, 0.15) is 12.3 Å². The molecule has 1 saturated heterocycles. The third-order valence-corrected chi connectivity index (χ3v) is 6.23. The highest BCUT2D eigenvalue weighted by atomic mass is 16.6. The van der Waals surface area contributed by atoms with Crippen LogP contribution in [-0.2, 0) is 16.1 Å². The lowest BCUT2D eigenvalue weighted by Crippen LogP contribution is -2.24. The summed E-state index contributed by atoms with van der Waals surface area (Å²) in [6.07, 6.45) is -0.790. The van der Waals surface area contributed by atoms with E-state index < -0.39 is 34.9 Å².